The van der Waals surface area contributed by atoms with Gasteiger partial charge in [-0.25, -0.2) is 4.98 Å². The number of hydrogen-bond acceptors (Lipinski definition) is 5. The lowest BCUT2D eigenvalue weighted by molar-refractivity contribution is 0.102. The minimum absolute atomic E-state index is 0.279. The Bertz CT molecular complexity index is 961. The zero-order valence-corrected chi connectivity index (χ0v) is 16.3. The van der Waals surface area contributed by atoms with Crippen molar-refractivity contribution in [1.82, 2.24) is 4.98 Å². The van der Waals surface area contributed by atoms with Crippen LogP contribution in [0.1, 0.15) is 15.9 Å². The van der Waals surface area contributed by atoms with E-state index in [1.807, 2.05) is 18.2 Å². The molecule has 3 aromatic rings. The van der Waals surface area contributed by atoms with Gasteiger partial charge in [0.25, 0.3) is 5.91 Å². The zero-order valence-electron chi connectivity index (χ0n) is 15.5. The molecule has 1 heterocycles. The molecule has 0 fully saturated rings. The maximum Gasteiger partial charge on any atom is 0.257 e. The summed E-state index contributed by atoms with van der Waals surface area (Å²) in [5.41, 5.74) is 2.02. The van der Waals surface area contributed by atoms with Crippen LogP contribution >= 0.6 is 11.6 Å². The summed E-state index contributed by atoms with van der Waals surface area (Å²) in [6.45, 7) is 0.568. The molecule has 6 nitrogen and oxygen atoms in total. The van der Waals surface area contributed by atoms with E-state index in [2.05, 4.69) is 15.6 Å². The normalized spacial score (nSPS) is 10.2. The van der Waals surface area contributed by atoms with Crippen LogP contribution in [0.3, 0.4) is 0 Å². The van der Waals surface area contributed by atoms with E-state index >= 15 is 0 Å². The van der Waals surface area contributed by atoms with Crippen LogP contribution in [0.2, 0.25) is 5.02 Å². The van der Waals surface area contributed by atoms with Crippen LogP contribution in [0.4, 0.5) is 11.5 Å². The highest BCUT2D eigenvalue weighted by Gasteiger charge is 2.10. The van der Waals surface area contributed by atoms with Gasteiger partial charge in [0.05, 0.1) is 36.7 Å². The van der Waals surface area contributed by atoms with Crippen LogP contribution in [-0.4, -0.2) is 25.1 Å². The monoisotopic (exact) mass is 397 g/mol. The number of amides is 1. The average Bonchev–Trinajstić information content (AvgIpc) is 2.73. The smallest absolute Gasteiger partial charge is 0.257 e. The van der Waals surface area contributed by atoms with Crippen molar-refractivity contribution < 1.29 is 14.3 Å². The predicted molar refractivity (Wildman–Crippen MR) is 111 cm³/mol. The van der Waals surface area contributed by atoms with E-state index in [-0.39, 0.29) is 5.91 Å². The maximum atomic E-state index is 12.3. The fourth-order valence-corrected chi connectivity index (χ4v) is 2.82. The zero-order chi connectivity index (χ0) is 19.9. The summed E-state index contributed by atoms with van der Waals surface area (Å²) >= 11 is 6.05. The van der Waals surface area contributed by atoms with Crippen LogP contribution in [-0.2, 0) is 6.54 Å². The van der Waals surface area contributed by atoms with Crippen molar-refractivity contribution in [3.8, 4) is 11.5 Å². The van der Waals surface area contributed by atoms with E-state index in [1.54, 1.807) is 56.8 Å². The summed E-state index contributed by atoms with van der Waals surface area (Å²) < 4.78 is 10.5. The Morgan fingerprint density at radius 3 is 2.50 bits per heavy atom. The van der Waals surface area contributed by atoms with Gasteiger partial charge >= 0.3 is 0 Å². The molecule has 144 valence electrons. The first-order valence-electron chi connectivity index (χ1n) is 8.57. The number of rotatable bonds is 7. The lowest BCUT2D eigenvalue weighted by Gasteiger charge is -2.11. The second-order valence-corrected chi connectivity index (χ2v) is 6.32. The molecule has 0 aliphatic rings. The van der Waals surface area contributed by atoms with Crippen molar-refractivity contribution in [2.45, 2.75) is 6.54 Å². The van der Waals surface area contributed by atoms with Crippen molar-refractivity contribution in [3.05, 3.63) is 76.9 Å². The summed E-state index contributed by atoms with van der Waals surface area (Å²) in [6, 6.07) is 16.2. The summed E-state index contributed by atoms with van der Waals surface area (Å²) in [7, 11) is 3.21. The Balaban J connectivity index is 1.60. The van der Waals surface area contributed by atoms with Crippen molar-refractivity contribution >= 4 is 29.0 Å². The predicted octanol–water partition coefficient (Wildman–Crippen LogP) is 4.62. The number of halogens is 1. The molecule has 0 aliphatic heterocycles. The molecule has 7 heteroatoms. The number of carbonyl (C=O) groups is 1. The Labute approximate surface area is 168 Å². The minimum atomic E-state index is -0.279. The van der Waals surface area contributed by atoms with Gasteiger partial charge in [0.2, 0.25) is 0 Å². The molecule has 0 bridgehead atoms. The molecule has 1 aromatic heterocycles. The topological polar surface area (TPSA) is 72.5 Å². The molecule has 3 rings (SSSR count). The number of carbonyl (C=O) groups excluding carboxylic acids is 1. The van der Waals surface area contributed by atoms with Crippen molar-refractivity contribution in [2.75, 3.05) is 24.9 Å². The van der Waals surface area contributed by atoms with Crippen LogP contribution in [0.5, 0.6) is 11.5 Å². The fourth-order valence-electron chi connectivity index (χ4n) is 2.60. The van der Waals surface area contributed by atoms with Crippen molar-refractivity contribution in [2.24, 2.45) is 0 Å². The molecule has 0 spiro atoms. The van der Waals surface area contributed by atoms with E-state index in [0.29, 0.717) is 40.1 Å². The third-order valence-electron chi connectivity index (χ3n) is 4.06. The standard InChI is InChI=1S/C21H20ClN3O3/c1-27-18-9-7-14(11-19(18)28-2)12-23-20-10-8-15(13-24-20)25-21(26)16-5-3-4-6-17(16)22/h3-11,13H,12H2,1-2H3,(H,23,24)(H,25,26). The lowest BCUT2D eigenvalue weighted by Crippen LogP contribution is -2.12. The number of pyridine rings is 1. The largest absolute Gasteiger partial charge is 0.493 e. The average molecular weight is 398 g/mol. The van der Waals surface area contributed by atoms with E-state index < -0.39 is 0 Å². The van der Waals surface area contributed by atoms with E-state index in [4.69, 9.17) is 21.1 Å². The Hall–Kier alpha value is -3.25. The molecule has 1 amide bonds. The molecule has 2 N–H and O–H groups in total. The van der Waals surface area contributed by atoms with Crippen LogP contribution < -0.4 is 20.1 Å². The molecule has 0 aliphatic carbocycles. The highest BCUT2D eigenvalue weighted by Crippen LogP contribution is 2.27. The van der Waals surface area contributed by atoms with Gasteiger partial charge in [0.1, 0.15) is 5.82 Å². The Morgan fingerprint density at radius 1 is 1.04 bits per heavy atom. The second-order valence-electron chi connectivity index (χ2n) is 5.91. The lowest BCUT2D eigenvalue weighted by atomic mass is 10.2. The van der Waals surface area contributed by atoms with Gasteiger partial charge in [0.15, 0.2) is 11.5 Å². The minimum Gasteiger partial charge on any atom is -0.493 e. The number of aromatic nitrogens is 1. The second kappa shape index (κ2) is 9.10. The molecule has 28 heavy (non-hydrogen) atoms. The summed E-state index contributed by atoms with van der Waals surface area (Å²) in [5, 5.41) is 6.42. The molecule has 0 atom stereocenters. The molecule has 0 unspecified atom stereocenters. The van der Waals surface area contributed by atoms with E-state index in [9.17, 15) is 4.79 Å². The number of anilines is 2. The van der Waals surface area contributed by atoms with Gasteiger partial charge in [-0.05, 0) is 42.0 Å². The van der Waals surface area contributed by atoms with Gasteiger partial charge in [-0.1, -0.05) is 29.8 Å². The summed E-state index contributed by atoms with van der Waals surface area (Å²) in [5.74, 6) is 1.76. The Kier molecular flexibility index (Phi) is 6.34. The van der Waals surface area contributed by atoms with Crippen LogP contribution in [0, 0.1) is 0 Å². The number of nitrogens with one attached hydrogen (secondary N) is 2. The number of hydrogen-bond donors (Lipinski definition) is 2. The molecular formula is C21H20ClN3O3. The number of methoxy groups -OCH3 is 2. The van der Waals surface area contributed by atoms with E-state index in [0.717, 1.165) is 5.56 Å². The van der Waals surface area contributed by atoms with Gasteiger partial charge in [0, 0.05) is 6.54 Å². The van der Waals surface area contributed by atoms with Gasteiger partial charge in [-0.3, -0.25) is 4.79 Å². The summed E-state index contributed by atoms with van der Waals surface area (Å²) in [6.07, 6.45) is 1.59. The van der Waals surface area contributed by atoms with Crippen molar-refractivity contribution in [3.63, 3.8) is 0 Å². The fraction of sp³-hybridized carbons (Fsp3) is 0.143. The van der Waals surface area contributed by atoms with E-state index in [1.165, 1.54) is 0 Å². The number of benzene rings is 2. The first kappa shape index (κ1) is 19.5. The first-order valence-corrected chi connectivity index (χ1v) is 8.95. The van der Waals surface area contributed by atoms with Crippen LogP contribution in [0.25, 0.3) is 0 Å². The molecule has 2 aromatic carbocycles. The van der Waals surface area contributed by atoms with Gasteiger partial charge in [-0.2, -0.15) is 0 Å². The highest BCUT2D eigenvalue weighted by atomic mass is 35.5. The molecule has 0 radical (unpaired) electrons. The number of ether oxygens (including phenoxy) is 2. The maximum absolute atomic E-state index is 12.3. The van der Waals surface area contributed by atoms with Crippen LogP contribution in [0.15, 0.2) is 60.8 Å². The van der Waals surface area contributed by atoms with Crippen molar-refractivity contribution in [1.29, 1.82) is 0 Å². The summed E-state index contributed by atoms with van der Waals surface area (Å²) in [4.78, 5) is 16.6. The number of nitrogens with zero attached hydrogens (tertiary/aromatic N) is 1. The third-order valence-corrected chi connectivity index (χ3v) is 4.39. The molecule has 0 saturated heterocycles. The Morgan fingerprint density at radius 2 is 1.82 bits per heavy atom. The SMILES string of the molecule is COc1ccc(CNc2ccc(NC(=O)c3ccccc3Cl)cn2)cc1OC. The molecular weight excluding hydrogens is 378 g/mol. The highest BCUT2D eigenvalue weighted by molar-refractivity contribution is 6.34. The third kappa shape index (κ3) is 4.72. The van der Waals surface area contributed by atoms with Gasteiger partial charge < -0.3 is 20.1 Å². The quantitative estimate of drug-likeness (QED) is 0.608. The molecule has 0 saturated carbocycles. The van der Waals surface area contributed by atoms with Gasteiger partial charge in [-0.15, -0.1) is 0 Å². The first-order chi connectivity index (χ1) is 13.6.